The molecule has 3 rings (SSSR count). The number of esters is 1. The summed E-state index contributed by atoms with van der Waals surface area (Å²) in [7, 11) is 0. The molecule has 0 aliphatic carbocycles. The molecule has 0 spiro atoms. The maximum Gasteiger partial charge on any atom is 0.507 e. The Labute approximate surface area is 182 Å². The molecule has 1 aromatic carbocycles. The second-order valence-electron chi connectivity index (χ2n) is 7.81. The maximum absolute atomic E-state index is 13.4. The molecule has 9 heteroatoms. The van der Waals surface area contributed by atoms with Crippen molar-refractivity contribution in [2.75, 3.05) is 19.7 Å². The SMILES string of the molecule is CCOC(=O)[C@H](CCc1ccccc1)N[C@H]1CCCN2CCC[C@H](OC(=O)O)N2C1=O. The summed E-state index contributed by atoms with van der Waals surface area (Å²) in [6.45, 7) is 3.32. The Kier molecular flexibility index (Phi) is 8.25. The monoisotopic (exact) mass is 433 g/mol. The molecule has 2 fully saturated rings. The lowest BCUT2D eigenvalue weighted by Gasteiger charge is -2.42. The number of aryl methyl sites for hydroxylation is 1. The predicted molar refractivity (Wildman–Crippen MR) is 112 cm³/mol. The number of ether oxygens (including phenoxy) is 2. The Hall–Kier alpha value is -2.65. The van der Waals surface area contributed by atoms with E-state index in [1.165, 1.54) is 5.01 Å². The summed E-state index contributed by atoms with van der Waals surface area (Å²) >= 11 is 0. The highest BCUT2D eigenvalue weighted by molar-refractivity contribution is 5.84. The molecule has 2 N–H and O–H groups in total. The lowest BCUT2D eigenvalue weighted by molar-refractivity contribution is -0.190. The number of nitrogens with zero attached hydrogens (tertiary/aromatic N) is 2. The number of hydrogen-bond donors (Lipinski definition) is 2. The number of hydrazine groups is 1. The van der Waals surface area contributed by atoms with Crippen LogP contribution in [0, 0.1) is 0 Å². The maximum atomic E-state index is 13.4. The number of nitrogens with one attached hydrogen (secondary N) is 1. The second kappa shape index (κ2) is 11.1. The fourth-order valence-electron chi connectivity index (χ4n) is 4.21. The highest BCUT2D eigenvalue weighted by Crippen LogP contribution is 2.25. The molecular weight excluding hydrogens is 402 g/mol. The van der Waals surface area contributed by atoms with Crippen LogP contribution in [0.25, 0.3) is 0 Å². The smallest absolute Gasteiger partial charge is 0.465 e. The summed E-state index contributed by atoms with van der Waals surface area (Å²) in [4.78, 5) is 37.1. The van der Waals surface area contributed by atoms with Gasteiger partial charge in [-0.2, -0.15) is 0 Å². The fraction of sp³-hybridized carbons (Fsp3) is 0.591. The van der Waals surface area contributed by atoms with Gasteiger partial charge in [-0.1, -0.05) is 30.3 Å². The number of hydrogen-bond acceptors (Lipinski definition) is 7. The van der Waals surface area contributed by atoms with E-state index < -0.39 is 24.5 Å². The summed E-state index contributed by atoms with van der Waals surface area (Å²) in [5.41, 5.74) is 1.10. The summed E-state index contributed by atoms with van der Waals surface area (Å²) in [6, 6.07) is 8.58. The number of rotatable bonds is 8. The van der Waals surface area contributed by atoms with E-state index in [1.807, 2.05) is 35.3 Å². The Bertz CT molecular complexity index is 759. The van der Waals surface area contributed by atoms with E-state index in [1.54, 1.807) is 6.92 Å². The van der Waals surface area contributed by atoms with Crippen molar-refractivity contribution < 1.29 is 29.0 Å². The minimum atomic E-state index is -1.40. The van der Waals surface area contributed by atoms with Gasteiger partial charge in [0.25, 0.3) is 5.91 Å². The first kappa shape index (κ1) is 23.0. The van der Waals surface area contributed by atoms with Crippen LogP contribution < -0.4 is 5.32 Å². The van der Waals surface area contributed by atoms with Gasteiger partial charge in [-0.05, 0) is 44.6 Å². The summed E-state index contributed by atoms with van der Waals surface area (Å²) in [5.74, 6) is -0.651. The van der Waals surface area contributed by atoms with Crippen LogP contribution >= 0.6 is 0 Å². The molecule has 2 heterocycles. The topological polar surface area (TPSA) is 108 Å². The van der Waals surface area contributed by atoms with Crippen molar-refractivity contribution in [2.45, 2.75) is 63.8 Å². The van der Waals surface area contributed by atoms with Crippen LogP contribution in [0.1, 0.15) is 44.6 Å². The minimum Gasteiger partial charge on any atom is -0.465 e. The van der Waals surface area contributed by atoms with E-state index in [-0.39, 0.29) is 18.5 Å². The number of carboxylic acid groups (broad SMARTS) is 1. The molecular formula is C22H31N3O6. The largest absolute Gasteiger partial charge is 0.507 e. The van der Waals surface area contributed by atoms with Crippen molar-refractivity contribution in [3.05, 3.63) is 35.9 Å². The normalized spacial score (nSPS) is 22.9. The van der Waals surface area contributed by atoms with Crippen molar-refractivity contribution in [1.82, 2.24) is 15.3 Å². The Morgan fingerprint density at radius 1 is 1.19 bits per heavy atom. The average molecular weight is 434 g/mol. The van der Waals surface area contributed by atoms with Gasteiger partial charge in [0.2, 0.25) is 0 Å². The van der Waals surface area contributed by atoms with Crippen LogP contribution in [0.3, 0.4) is 0 Å². The van der Waals surface area contributed by atoms with Crippen LogP contribution in [0.4, 0.5) is 4.79 Å². The highest BCUT2D eigenvalue weighted by Gasteiger charge is 2.41. The number of carbonyl (C=O) groups excluding carboxylic acids is 2. The Morgan fingerprint density at radius 2 is 1.90 bits per heavy atom. The molecule has 2 aliphatic rings. The zero-order chi connectivity index (χ0) is 22.2. The first-order chi connectivity index (χ1) is 15.0. The fourth-order valence-corrected chi connectivity index (χ4v) is 4.21. The summed E-state index contributed by atoms with van der Waals surface area (Å²) in [5, 5.41) is 15.6. The minimum absolute atomic E-state index is 0.259. The number of fused-ring (bicyclic) bond motifs is 1. The van der Waals surface area contributed by atoms with Gasteiger partial charge in [-0.15, -0.1) is 0 Å². The molecule has 1 aromatic rings. The van der Waals surface area contributed by atoms with Crippen LogP contribution in [-0.2, 0) is 25.5 Å². The molecule has 0 saturated carbocycles. The third-order valence-corrected chi connectivity index (χ3v) is 5.65. The lowest BCUT2D eigenvalue weighted by Crippen LogP contribution is -2.60. The van der Waals surface area contributed by atoms with E-state index in [0.29, 0.717) is 38.8 Å². The van der Waals surface area contributed by atoms with E-state index >= 15 is 0 Å². The van der Waals surface area contributed by atoms with Gasteiger partial charge in [-0.3, -0.25) is 14.9 Å². The van der Waals surface area contributed by atoms with Crippen LogP contribution in [0.15, 0.2) is 30.3 Å². The highest BCUT2D eigenvalue weighted by atomic mass is 16.7. The summed E-state index contributed by atoms with van der Waals surface area (Å²) in [6.07, 6.45) is 1.41. The van der Waals surface area contributed by atoms with Crippen LogP contribution in [0.2, 0.25) is 0 Å². The first-order valence-electron chi connectivity index (χ1n) is 10.9. The van der Waals surface area contributed by atoms with E-state index in [4.69, 9.17) is 14.6 Å². The molecule has 0 aromatic heterocycles. The van der Waals surface area contributed by atoms with Gasteiger partial charge < -0.3 is 14.6 Å². The average Bonchev–Trinajstić information content (AvgIpc) is 2.91. The molecule has 1 amide bonds. The van der Waals surface area contributed by atoms with Crippen LogP contribution in [-0.4, -0.2) is 71.2 Å². The van der Waals surface area contributed by atoms with Gasteiger partial charge in [0, 0.05) is 19.5 Å². The van der Waals surface area contributed by atoms with Crippen molar-refractivity contribution in [3.8, 4) is 0 Å². The standard InChI is InChI=1S/C22H31N3O6/c1-2-30-21(27)18(13-12-16-8-4-3-5-9-16)23-17-10-6-14-24-15-7-11-19(31-22(28)29)25(24)20(17)26/h3-5,8-9,17-19,23H,2,6-7,10-15H2,1H3,(H,28,29)/t17-,18-,19-/m0/s1. The first-order valence-corrected chi connectivity index (χ1v) is 10.9. The van der Waals surface area contributed by atoms with E-state index in [0.717, 1.165) is 18.4 Å². The van der Waals surface area contributed by atoms with Gasteiger partial charge in [-0.25, -0.2) is 14.8 Å². The summed E-state index contributed by atoms with van der Waals surface area (Å²) < 4.78 is 10.2. The van der Waals surface area contributed by atoms with Gasteiger partial charge in [0.05, 0.1) is 12.6 Å². The zero-order valence-electron chi connectivity index (χ0n) is 17.9. The molecule has 0 radical (unpaired) electrons. The van der Waals surface area contributed by atoms with Crippen LogP contribution in [0.5, 0.6) is 0 Å². The lowest BCUT2D eigenvalue weighted by atomic mass is 10.0. The number of benzene rings is 1. The molecule has 0 unspecified atom stereocenters. The molecule has 9 nitrogen and oxygen atoms in total. The molecule has 2 saturated heterocycles. The predicted octanol–water partition coefficient (Wildman–Crippen LogP) is 2.16. The quantitative estimate of drug-likeness (QED) is 0.601. The second-order valence-corrected chi connectivity index (χ2v) is 7.81. The third kappa shape index (κ3) is 6.18. The molecule has 31 heavy (non-hydrogen) atoms. The van der Waals surface area contributed by atoms with Crippen molar-refractivity contribution >= 4 is 18.0 Å². The van der Waals surface area contributed by atoms with Gasteiger partial charge >= 0.3 is 12.1 Å². The zero-order valence-corrected chi connectivity index (χ0v) is 17.9. The molecule has 170 valence electrons. The molecule has 0 bridgehead atoms. The Morgan fingerprint density at radius 3 is 2.58 bits per heavy atom. The van der Waals surface area contributed by atoms with Crippen molar-refractivity contribution in [1.29, 1.82) is 0 Å². The third-order valence-electron chi connectivity index (χ3n) is 5.65. The Balaban J connectivity index is 1.73. The van der Waals surface area contributed by atoms with Crippen molar-refractivity contribution in [2.24, 2.45) is 0 Å². The number of carbonyl (C=O) groups is 3. The molecule has 3 atom stereocenters. The van der Waals surface area contributed by atoms with Gasteiger partial charge in [0.1, 0.15) is 6.04 Å². The van der Waals surface area contributed by atoms with Crippen molar-refractivity contribution in [3.63, 3.8) is 0 Å². The van der Waals surface area contributed by atoms with E-state index in [2.05, 4.69) is 5.32 Å². The number of amides is 1. The van der Waals surface area contributed by atoms with Gasteiger partial charge in [0.15, 0.2) is 6.23 Å². The van der Waals surface area contributed by atoms with E-state index in [9.17, 15) is 14.4 Å². The molecule has 2 aliphatic heterocycles.